The second-order valence-electron chi connectivity index (χ2n) is 8.81. The number of carbonyl (C=O) groups excluding carboxylic acids is 2. The van der Waals surface area contributed by atoms with E-state index in [2.05, 4.69) is 15.7 Å². The summed E-state index contributed by atoms with van der Waals surface area (Å²) in [7, 11) is 0. The number of piperazine rings is 1. The van der Waals surface area contributed by atoms with Crippen LogP contribution in [0.1, 0.15) is 35.8 Å². The molecule has 1 aliphatic rings. The van der Waals surface area contributed by atoms with Crippen molar-refractivity contribution in [2.75, 3.05) is 19.6 Å². The molecule has 2 heterocycles. The van der Waals surface area contributed by atoms with E-state index in [0.717, 1.165) is 11.1 Å². The number of amides is 2. The number of aliphatic hydroxyl groups is 2. The first kappa shape index (κ1) is 25.8. The highest BCUT2D eigenvalue weighted by molar-refractivity contribution is 6.31. The molecule has 36 heavy (non-hydrogen) atoms. The number of aliphatic hydroxyl groups excluding tert-OH is 2. The number of nitrogens with zero attached hydrogens (tertiary/aromatic N) is 3. The molecule has 4 rings (SSSR count). The van der Waals surface area contributed by atoms with Crippen molar-refractivity contribution >= 4 is 23.4 Å². The minimum Gasteiger partial charge on any atom is -0.380 e. The Labute approximate surface area is 214 Å². The van der Waals surface area contributed by atoms with Gasteiger partial charge in [0.25, 0.3) is 11.8 Å². The largest absolute Gasteiger partial charge is 0.380 e. The van der Waals surface area contributed by atoms with Gasteiger partial charge >= 0.3 is 0 Å². The van der Waals surface area contributed by atoms with Gasteiger partial charge in [-0.25, -0.2) is 0 Å². The van der Waals surface area contributed by atoms with Crippen molar-refractivity contribution in [2.45, 2.75) is 37.8 Å². The Hall–Kier alpha value is -3.24. The van der Waals surface area contributed by atoms with Gasteiger partial charge in [-0.15, -0.1) is 0 Å². The van der Waals surface area contributed by atoms with Crippen LogP contribution in [0.4, 0.5) is 0 Å². The molecule has 0 saturated carbocycles. The highest BCUT2D eigenvalue weighted by atomic mass is 35.5. The van der Waals surface area contributed by atoms with E-state index >= 15 is 0 Å². The molecule has 2 amide bonds. The van der Waals surface area contributed by atoms with Gasteiger partial charge in [0.15, 0.2) is 12.2 Å². The third kappa shape index (κ3) is 5.93. The molecule has 10 heteroatoms. The number of aromatic nitrogens is 2. The maximum absolute atomic E-state index is 13.1. The molecule has 0 bridgehead atoms. The van der Waals surface area contributed by atoms with Crippen molar-refractivity contribution in [3.63, 3.8) is 0 Å². The minimum atomic E-state index is -1.92. The van der Waals surface area contributed by atoms with E-state index < -0.39 is 30.1 Å². The first-order valence-corrected chi connectivity index (χ1v) is 12.2. The third-order valence-corrected chi connectivity index (χ3v) is 6.65. The molecule has 1 fully saturated rings. The first-order chi connectivity index (χ1) is 17.3. The standard InChI is InChI=1S/C26H30ClN5O4/c1-17(21-11-13-31(30-21)16-19-9-5-6-10-20(19)27)29-25(35)23(33)24(34)26(36)32-14-12-28-15-22(32)18-7-3-2-4-8-18/h2-11,13,17,22-24,28,33-34H,12,14-16H2,1H3,(H,29,35)/t17-,22+,23-,24-/m1/s1. The van der Waals surface area contributed by atoms with Crippen LogP contribution in [0.5, 0.6) is 0 Å². The summed E-state index contributed by atoms with van der Waals surface area (Å²) in [6.45, 7) is 3.59. The molecular weight excluding hydrogens is 482 g/mol. The molecule has 190 valence electrons. The molecule has 4 N–H and O–H groups in total. The van der Waals surface area contributed by atoms with Crippen molar-refractivity contribution in [1.29, 1.82) is 0 Å². The minimum absolute atomic E-state index is 0.307. The van der Waals surface area contributed by atoms with Crippen LogP contribution in [-0.2, 0) is 16.1 Å². The summed E-state index contributed by atoms with van der Waals surface area (Å²) in [4.78, 5) is 27.3. The number of hydrogen-bond acceptors (Lipinski definition) is 6. The Balaban J connectivity index is 1.37. The van der Waals surface area contributed by atoms with Crippen LogP contribution in [0.15, 0.2) is 66.9 Å². The maximum Gasteiger partial charge on any atom is 0.255 e. The summed E-state index contributed by atoms with van der Waals surface area (Å²) in [5.74, 6) is -1.54. The van der Waals surface area contributed by atoms with Crippen LogP contribution < -0.4 is 10.6 Å². The van der Waals surface area contributed by atoms with Crippen molar-refractivity contribution in [3.8, 4) is 0 Å². The highest BCUT2D eigenvalue weighted by Crippen LogP contribution is 2.23. The lowest BCUT2D eigenvalue weighted by Gasteiger charge is -2.38. The summed E-state index contributed by atoms with van der Waals surface area (Å²) in [6.07, 6.45) is -2.04. The normalized spacial score (nSPS) is 18.3. The van der Waals surface area contributed by atoms with Gasteiger partial charge in [0.05, 0.1) is 24.3 Å². The molecule has 1 saturated heterocycles. The SMILES string of the molecule is C[C@@H](NC(=O)[C@H](O)[C@@H](O)C(=O)N1CCNC[C@H]1c1ccccc1)c1ccn(Cc2ccccc2Cl)n1. The summed E-state index contributed by atoms with van der Waals surface area (Å²) in [5, 5.41) is 32.1. The Morgan fingerprint density at radius 3 is 2.58 bits per heavy atom. The monoisotopic (exact) mass is 511 g/mol. The van der Waals surface area contributed by atoms with Crippen LogP contribution in [0.2, 0.25) is 5.02 Å². The number of carbonyl (C=O) groups is 2. The topological polar surface area (TPSA) is 120 Å². The zero-order valence-corrected chi connectivity index (χ0v) is 20.7. The second-order valence-corrected chi connectivity index (χ2v) is 9.22. The number of nitrogens with one attached hydrogen (secondary N) is 2. The van der Waals surface area contributed by atoms with Gasteiger partial charge in [-0.05, 0) is 30.2 Å². The Morgan fingerprint density at radius 1 is 1.11 bits per heavy atom. The molecule has 0 radical (unpaired) electrons. The summed E-state index contributed by atoms with van der Waals surface area (Å²) >= 11 is 6.22. The lowest BCUT2D eigenvalue weighted by molar-refractivity contribution is -0.155. The fourth-order valence-electron chi connectivity index (χ4n) is 4.26. The first-order valence-electron chi connectivity index (χ1n) is 11.8. The van der Waals surface area contributed by atoms with Crippen LogP contribution in [0.25, 0.3) is 0 Å². The van der Waals surface area contributed by atoms with E-state index in [1.54, 1.807) is 29.9 Å². The maximum atomic E-state index is 13.1. The summed E-state index contributed by atoms with van der Waals surface area (Å²) in [5.41, 5.74) is 2.38. The molecule has 0 unspecified atom stereocenters. The van der Waals surface area contributed by atoms with Crippen molar-refractivity contribution in [2.24, 2.45) is 0 Å². The van der Waals surface area contributed by atoms with E-state index in [9.17, 15) is 19.8 Å². The van der Waals surface area contributed by atoms with E-state index in [-0.39, 0.29) is 6.04 Å². The quantitative estimate of drug-likeness (QED) is 0.365. The fraction of sp³-hybridized carbons (Fsp3) is 0.346. The summed E-state index contributed by atoms with van der Waals surface area (Å²) in [6, 6.07) is 17.8. The Morgan fingerprint density at radius 2 is 1.83 bits per heavy atom. The zero-order chi connectivity index (χ0) is 25.7. The average molecular weight is 512 g/mol. The summed E-state index contributed by atoms with van der Waals surface area (Å²) < 4.78 is 1.70. The lowest BCUT2D eigenvalue weighted by Crippen LogP contribution is -2.56. The smallest absolute Gasteiger partial charge is 0.255 e. The van der Waals surface area contributed by atoms with Gasteiger partial charge in [0, 0.05) is 30.9 Å². The van der Waals surface area contributed by atoms with Gasteiger partial charge in [0.2, 0.25) is 0 Å². The van der Waals surface area contributed by atoms with Crippen LogP contribution in [0.3, 0.4) is 0 Å². The predicted molar refractivity (Wildman–Crippen MR) is 135 cm³/mol. The van der Waals surface area contributed by atoms with E-state index in [1.165, 1.54) is 4.90 Å². The van der Waals surface area contributed by atoms with Gasteiger partial charge in [0.1, 0.15) is 0 Å². The Bertz CT molecular complexity index is 1190. The van der Waals surface area contributed by atoms with Crippen molar-refractivity contribution in [1.82, 2.24) is 25.3 Å². The zero-order valence-electron chi connectivity index (χ0n) is 19.9. The molecule has 0 aliphatic carbocycles. The van der Waals surface area contributed by atoms with Crippen LogP contribution in [0, 0.1) is 0 Å². The molecule has 2 aromatic carbocycles. The van der Waals surface area contributed by atoms with Crippen molar-refractivity contribution < 1.29 is 19.8 Å². The van der Waals surface area contributed by atoms with Crippen molar-refractivity contribution in [3.05, 3.63) is 88.7 Å². The fourth-order valence-corrected chi connectivity index (χ4v) is 4.46. The third-order valence-electron chi connectivity index (χ3n) is 6.29. The number of halogens is 1. The molecular formula is C26H30ClN5O4. The Kier molecular flexibility index (Phi) is 8.37. The van der Waals surface area contributed by atoms with Gasteiger partial charge < -0.3 is 25.7 Å². The highest BCUT2D eigenvalue weighted by Gasteiger charge is 2.37. The molecule has 4 atom stereocenters. The molecule has 3 aromatic rings. The van der Waals surface area contributed by atoms with Gasteiger partial charge in [-0.2, -0.15) is 5.10 Å². The van der Waals surface area contributed by atoms with E-state index in [4.69, 9.17) is 11.6 Å². The van der Waals surface area contributed by atoms with Gasteiger partial charge in [-0.3, -0.25) is 14.3 Å². The molecule has 1 aliphatic heterocycles. The van der Waals surface area contributed by atoms with Crippen LogP contribution >= 0.6 is 11.6 Å². The molecule has 0 spiro atoms. The predicted octanol–water partition coefficient (Wildman–Crippen LogP) is 1.66. The van der Waals surface area contributed by atoms with E-state index in [0.29, 0.717) is 36.9 Å². The van der Waals surface area contributed by atoms with Crippen LogP contribution in [-0.4, -0.2) is 68.6 Å². The lowest BCUT2D eigenvalue weighted by atomic mass is 10.0. The number of hydrogen-bond donors (Lipinski definition) is 4. The average Bonchev–Trinajstić information content (AvgIpc) is 3.38. The second kappa shape index (κ2) is 11.7. The molecule has 1 aromatic heterocycles. The van der Waals surface area contributed by atoms with E-state index in [1.807, 2.05) is 48.5 Å². The molecule has 9 nitrogen and oxygen atoms in total. The number of benzene rings is 2. The number of rotatable bonds is 8. The van der Waals surface area contributed by atoms with Gasteiger partial charge in [-0.1, -0.05) is 60.1 Å².